The number of benzene rings is 2. The summed E-state index contributed by atoms with van der Waals surface area (Å²) in [6, 6.07) is 15.9. The summed E-state index contributed by atoms with van der Waals surface area (Å²) < 4.78 is 6.97. The number of ether oxygens (including phenoxy) is 1. The Bertz CT molecular complexity index is 1330. The summed E-state index contributed by atoms with van der Waals surface area (Å²) in [6.45, 7) is 3.96. The SMILES string of the molecule is CCOc1ccc(-c2cc3[nH]c(=O)n(-c4cccc(C(C)=O)c4)c(=O)c3s2)cc1. The summed E-state index contributed by atoms with van der Waals surface area (Å²) in [4.78, 5) is 41.0. The van der Waals surface area contributed by atoms with Crippen LogP contribution in [0.15, 0.2) is 64.2 Å². The van der Waals surface area contributed by atoms with E-state index in [0.717, 1.165) is 20.8 Å². The number of hydrogen-bond donors (Lipinski definition) is 1. The molecule has 7 heteroatoms. The number of fused-ring (bicyclic) bond motifs is 1. The quantitative estimate of drug-likeness (QED) is 0.508. The lowest BCUT2D eigenvalue weighted by atomic mass is 10.1. The number of nitrogens with zero attached hydrogens (tertiary/aromatic N) is 1. The van der Waals surface area contributed by atoms with E-state index in [0.29, 0.717) is 28.1 Å². The van der Waals surface area contributed by atoms with Crippen LogP contribution in [-0.4, -0.2) is 21.9 Å². The fourth-order valence-electron chi connectivity index (χ4n) is 3.13. The number of Topliss-reactive ketones (excluding diaryl/α,β-unsaturated/α-hetero) is 1. The average Bonchev–Trinajstić information content (AvgIpc) is 3.13. The first-order valence-electron chi connectivity index (χ1n) is 9.11. The van der Waals surface area contributed by atoms with Crippen molar-refractivity contribution in [3.8, 4) is 21.9 Å². The van der Waals surface area contributed by atoms with Gasteiger partial charge in [-0.15, -0.1) is 11.3 Å². The minimum Gasteiger partial charge on any atom is -0.494 e. The standard InChI is InChI=1S/C22H18N2O4S/c1-3-28-17-9-7-14(8-10-17)19-12-18-20(29-19)21(26)24(22(27)23-18)16-6-4-5-15(11-16)13(2)25/h4-12H,3H2,1-2H3,(H,23,27). The van der Waals surface area contributed by atoms with E-state index in [4.69, 9.17) is 4.74 Å². The fourth-order valence-corrected chi connectivity index (χ4v) is 4.18. The summed E-state index contributed by atoms with van der Waals surface area (Å²) in [6.07, 6.45) is 0. The van der Waals surface area contributed by atoms with Crippen molar-refractivity contribution >= 4 is 27.3 Å². The summed E-state index contributed by atoms with van der Waals surface area (Å²) in [5, 5.41) is 0. The van der Waals surface area contributed by atoms with Gasteiger partial charge in [-0.1, -0.05) is 12.1 Å². The number of hydrogen-bond acceptors (Lipinski definition) is 5. The van der Waals surface area contributed by atoms with Gasteiger partial charge in [0.2, 0.25) is 0 Å². The Hall–Kier alpha value is -3.45. The van der Waals surface area contributed by atoms with Crippen molar-refractivity contribution in [1.82, 2.24) is 9.55 Å². The molecule has 0 aliphatic rings. The van der Waals surface area contributed by atoms with Crippen molar-refractivity contribution in [3.05, 3.63) is 81.0 Å². The monoisotopic (exact) mass is 406 g/mol. The first kappa shape index (κ1) is 18.9. The number of thiophene rings is 1. The Morgan fingerprint density at radius 2 is 1.86 bits per heavy atom. The van der Waals surface area contributed by atoms with Crippen molar-refractivity contribution < 1.29 is 9.53 Å². The van der Waals surface area contributed by atoms with Gasteiger partial charge in [-0.2, -0.15) is 0 Å². The largest absolute Gasteiger partial charge is 0.494 e. The number of aromatic nitrogens is 2. The van der Waals surface area contributed by atoms with E-state index in [1.54, 1.807) is 30.3 Å². The molecule has 29 heavy (non-hydrogen) atoms. The van der Waals surface area contributed by atoms with Gasteiger partial charge in [-0.3, -0.25) is 9.59 Å². The minimum atomic E-state index is -0.542. The van der Waals surface area contributed by atoms with Crippen LogP contribution in [0, 0.1) is 0 Å². The van der Waals surface area contributed by atoms with Crippen LogP contribution < -0.4 is 16.0 Å². The van der Waals surface area contributed by atoms with E-state index in [1.807, 2.05) is 31.2 Å². The topological polar surface area (TPSA) is 81.2 Å². The van der Waals surface area contributed by atoms with Gasteiger partial charge in [0.05, 0.1) is 17.8 Å². The molecule has 0 unspecified atom stereocenters. The van der Waals surface area contributed by atoms with E-state index in [-0.39, 0.29) is 5.78 Å². The predicted octanol–water partition coefficient (Wildman–Crippen LogP) is 4.01. The molecule has 0 bridgehead atoms. The zero-order valence-electron chi connectivity index (χ0n) is 15.9. The van der Waals surface area contributed by atoms with Gasteiger partial charge >= 0.3 is 5.69 Å². The number of H-pyrrole nitrogens is 1. The Kier molecular flexibility index (Phi) is 4.90. The highest BCUT2D eigenvalue weighted by atomic mass is 32.1. The highest BCUT2D eigenvalue weighted by Crippen LogP contribution is 2.31. The molecule has 0 saturated heterocycles. The molecule has 2 aromatic carbocycles. The average molecular weight is 406 g/mol. The molecule has 0 amide bonds. The van der Waals surface area contributed by atoms with Gasteiger partial charge in [0.25, 0.3) is 5.56 Å². The van der Waals surface area contributed by atoms with Crippen LogP contribution in [0.5, 0.6) is 5.75 Å². The number of carbonyl (C=O) groups excluding carboxylic acids is 1. The summed E-state index contributed by atoms with van der Waals surface area (Å²) in [5.74, 6) is 0.643. The molecule has 0 fully saturated rings. The zero-order chi connectivity index (χ0) is 20.5. The number of ketones is 1. The molecule has 0 aliphatic carbocycles. The van der Waals surface area contributed by atoms with Crippen LogP contribution in [0.2, 0.25) is 0 Å². The van der Waals surface area contributed by atoms with Gasteiger partial charge < -0.3 is 9.72 Å². The number of aromatic amines is 1. The second-order valence-corrected chi connectivity index (χ2v) is 7.54. The van der Waals surface area contributed by atoms with E-state index in [1.165, 1.54) is 18.3 Å². The molecule has 4 aromatic rings. The highest BCUT2D eigenvalue weighted by Gasteiger charge is 2.14. The molecule has 4 rings (SSSR count). The maximum atomic E-state index is 13.1. The van der Waals surface area contributed by atoms with Gasteiger partial charge in [0.1, 0.15) is 10.4 Å². The van der Waals surface area contributed by atoms with Gasteiger partial charge in [0.15, 0.2) is 5.78 Å². The Balaban J connectivity index is 1.84. The van der Waals surface area contributed by atoms with Gasteiger partial charge in [-0.25, -0.2) is 9.36 Å². The number of nitrogens with one attached hydrogen (secondary N) is 1. The molecule has 0 saturated carbocycles. The molecule has 0 aliphatic heterocycles. The molecule has 0 atom stereocenters. The molecule has 0 spiro atoms. The molecule has 146 valence electrons. The van der Waals surface area contributed by atoms with Crippen LogP contribution in [-0.2, 0) is 0 Å². The first-order valence-corrected chi connectivity index (χ1v) is 9.93. The third-order valence-electron chi connectivity index (χ3n) is 4.53. The Morgan fingerprint density at radius 1 is 1.10 bits per heavy atom. The zero-order valence-corrected chi connectivity index (χ0v) is 16.7. The van der Waals surface area contributed by atoms with Gasteiger partial charge in [0, 0.05) is 10.4 Å². The molecule has 6 nitrogen and oxygen atoms in total. The summed E-state index contributed by atoms with van der Waals surface area (Å²) in [7, 11) is 0. The molecule has 2 heterocycles. The number of carbonyl (C=O) groups is 1. The van der Waals surface area contributed by atoms with E-state index >= 15 is 0 Å². The van der Waals surface area contributed by atoms with Crippen LogP contribution in [0.25, 0.3) is 26.3 Å². The van der Waals surface area contributed by atoms with Crippen molar-refractivity contribution in [2.24, 2.45) is 0 Å². The molecular formula is C22H18N2O4S. The maximum Gasteiger partial charge on any atom is 0.333 e. The van der Waals surface area contributed by atoms with Crippen LogP contribution >= 0.6 is 11.3 Å². The second-order valence-electron chi connectivity index (χ2n) is 6.49. The third-order valence-corrected chi connectivity index (χ3v) is 5.71. The number of rotatable bonds is 5. The molecular weight excluding hydrogens is 388 g/mol. The second kappa shape index (κ2) is 7.52. The van der Waals surface area contributed by atoms with E-state index in [2.05, 4.69) is 4.98 Å². The van der Waals surface area contributed by atoms with Crippen molar-refractivity contribution in [2.45, 2.75) is 13.8 Å². The fraction of sp³-hybridized carbons (Fsp3) is 0.136. The van der Waals surface area contributed by atoms with E-state index in [9.17, 15) is 14.4 Å². The normalized spacial score (nSPS) is 11.0. The smallest absolute Gasteiger partial charge is 0.333 e. The maximum absolute atomic E-state index is 13.1. The lowest BCUT2D eigenvalue weighted by Gasteiger charge is -2.05. The van der Waals surface area contributed by atoms with Crippen LogP contribution in [0.4, 0.5) is 0 Å². The Labute approximate surface area is 170 Å². The predicted molar refractivity (Wildman–Crippen MR) is 115 cm³/mol. The first-order chi connectivity index (χ1) is 14.0. The highest BCUT2D eigenvalue weighted by molar-refractivity contribution is 7.22. The lowest BCUT2D eigenvalue weighted by molar-refractivity contribution is 0.101. The minimum absolute atomic E-state index is 0.133. The summed E-state index contributed by atoms with van der Waals surface area (Å²) in [5.41, 5.74) is 1.27. The van der Waals surface area contributed by atoms with Crippen molar-refractivity contribution in [2.75, 3.05) is 6.61 Å². The van der Waals surface area contributed by atoms with Crippen LogP contribution in [0.3, 0.4) is 0 Å². The van der Waals surface area contributed by atoms with E-state index < -0.39 is 11.2 Å². The molecule has 0 radical (unpaired) electrons. The van der Waals surface area contributed by atoms with Crippen LogP contribution in [0.1, 0.15) is 24.2 Å². The molecule has 2 aromatic heterocycles. The summed E-state index contributed by atoms with van der Waals surface area (Å²) >= 11 is 1.31. The Morgan fingerprint density at radius 3 is 2.55 bits per heavy atom. The van der Waals surface area contributed by atoms with Gasteiger partial charge in [-0.05, 0) is 61.9 Å². The third kappa shape index (κ3) is 3.52. The lowest BCUT2D eigenvalue weighted by Crippen LogP contribution is -2.33. The van der Waals surface area contributed by atoms with Crippen molar-refractivity contribution in [1.29, 1.82) is 0 Å². The molecule has 1 N–H and O–H groups in total. The van der Waals surface area contributed by atoms with Crippen molar-refractivity contribution in [3.63, 3.8) is 0 Å².